The lowest BCUT2D eigenvalue weighted by Crippen LogP contribution is -2.54. The highest BCUT2D eigenvalue weighted by molar-refractivity contribution is 7.80. The van der Waals surface area contributed by atoms with E-state index in [2.05, 4.69) is 4.57 Å². The van der Waals surface area contributed by atoms with Gasteiger partial charge in [0, 0.05) is 41.3 Å². The van der Waals surface area contributed by atoms with Crippen LogP contribution in [0.1, 0.15) is 21.5 Å². The highest BCUT2D eigenvalue weighted by atomic mass is 35.5. The van der Waals surface area contributed by atoms with E-state index in [4.69, 9.17) is 28.6 Å². The molecule has 0 unspecified atom stereocenters. The van der Waals surface area contributed by atoms with Crippen molar-refractivity contribution in [2.24, 2.45) is 0 Å². The Kier molecular flexibility index (Phi) is 6.84. The summed E-state index contributed by atoms with van der Waals surface area (Å²) in [5.41, 5.74) is 3.50. The van der Waals surface area contributed by atoms with Gasteiger partial charge in [0.15, 0.2) is 5.11 Å². The van der Waals surface area contributed by atoms with Crippen molar-refractivity contribution in [1.82, 2.24) is 9.47 Å². The van der Waals surface area contributed by atoms with E-state index in [1.165, 1.54) is 24.0 Å². The minimum absolute atomic E-state index is 0.0208. The van der Waals surface area contributed by atoms with Crippen LogP contribution in [0, 0.1) is 0 Å². The first-order valence-corrected chi connectivity index (χ1v) is 12.5. The molecule has 1 fully saturated rings. The van der Waals surface area contributed by atoms with Gasteiger partial charge >= 0.3 is 5.97 Å². The minimum Gasteiger partial charge on any atom is -0.465 e. The van der Waals surface area contributed by atoms with Gasteiger partial charge in [-0.3, -0.25) is 19.4 Å². The van der Waals surface area contributed by atoms with E-state index in [0.29, 0.717) is 22.8 Å². The molecular weight excluding hydrogens is 522 g/mol. The molecular formula is C29H22ClN3O4S. The molecule has 190 valence electrons. The van der Waals surface area contributed by atoms with Gasteiger partial charge in [0.25, 0.3) is 11.8 Å². The first-order chi connectivity index (χ1) is 18.3. The fourth-order valence-corrected chi connectivity index (χ4v) is 4.79. The molecule has 0 N–H and O–H groups in total. The second-order valence-corrected chi connectivity index (χ2v) is 9.54. The maximum absolute atomic E-state index is 13.6. The topological polar surface area (TPSA) is 71.8 Å². The number of ether oxygens (including phenoxy) is 1. The van der Waals surface area contributed by atoms with Gasteiger partial charge in [0.2, 0.25) is 0 Å². The Morgan fingerprint density at radius 1 is 0.974 bits per heavy atom. The number of fused-ring (bicyclic) bond motifs is 1. The Morgan fingerprint density at radius 2 is 1.66 bits per heavy atom. The number of carbonyl (C=O) groups excluding carboxylic acids is 3. The van der Waals surface area contributed by atoms with E-state index >= 15 is 0 Å². The Balaban J connectivity index is 1.55. The standard InChI is InChI=1S/C29H22ClN3O4S/c1-31-26(34)24(27(35)33(29(31)38)22-13-9-19(10-14-22)28(36)37-2)15-20-17-32(25-6-4-3-5-23(20)25)16-18-7-11-21(30)12-8-18/h3-15,17H,16H2,1-2H3. The summed E-state index contributed by atoms with van der Waals surface area (Å²) < 4.78 is 6.81. The summed E-state index contributed by atoms with van der Waals surface area (Å²) in [5, 5.41) is 1.62. The Morgan fingerprint density at radius 3 is 2.34 bits per heavy atom. The number of methoxy groups -OCH3 is 1. The van der Waals surface area contributed by atoms with Crippen LogP contribution in [0.3, 0.4) is 0 Å². The summed E-state index contributed by atoms with van der Waals surface area (Å²) >= 11 is 11.5. The summed E-state index contributed by atoms with van der Waals surface area (Å²) in [6.45, 7) is 0.589. The molecule has 2 heterocycles. The number of halogens is 1. The zero-order valence-electron chi connectivity index (χ0n) is 20.6. The van der Waals surface area contributed by atoms with Crippen LogP contribution in [0.25, 0.3) is 17.0 Å². The summed E-state index contributed by atoms with van der Waals surface area (Å²) in [6, 6.07) is 21.7. The highest BCUT2D eigenvalue weighted by Crippen LogP contribution is 2.29. The van der Waals surface area contributed by atoms with Crippen molar-refractivity contribution < 1.29 is 19.1 Å². The van der Waals surface area contributed by atoms with Crippen LogP contribution in [0.5, 0.6) is 0 Å². The molecule has 38 heavy (non-hydrogen) atoms. The number of hydrogen-bond donors (Lipinski definition) is 0. The van der Waals surface area contributed by atoms with Gasteiger partial charge in [0.1, 0.15) is 5.57 Å². The number of likely N-dealkylation sites (N-methyl/N-ethyl adjacent to an activating group) is 1. The van der Waals surface area contributed by atoms with Crippen LogP contribution in [-0.2, 0) is 20.9 Å². The summed E-state index contributed by atoms with van der Waals surface area (Å²) in [7, 11) is 2.83. The van der Waals surface area contributed by atoms with Crippen LogP contribution in [0.4, 0.5) is 5.69 Å². The number of esters is 1. The molecule has 0 radical (unpaired) electrons. The second kappa shape index (κ2) is 10.2. The maximum Gasteiger partial charge on any atom is 0.337 e. The smallest absolute Gasteiger partial charge is 0.337 e. The SMILES string of the molecule is COC(=O)c1ccc(N2C(=O)C(=Cc3cn(Cc4ccc(Cl)cc4)c4ccccc34)C(=O)N(C)C2=S)cc1. The Hall–Kier alpha value is -4.27. The molecule has 9 heteroatoms. The number of hydrogen-bond acceptors (Lipinski definition) is 5. The molecule has 0 saturated carbocycles. The van der Waals surface area contributed by atoms with Gasteiger partial charge in [-0.1, -0.05) is 41.9 Å². The van der Waals surface area contributed by atoms with Gasteiger partial charge in [0.05, 0.1) is 18.4 Å². The average Bonchev–Trinajstić information content (AvgIpc) is 3.28. The van der Waals surface area contributed by atoms with Crippen molar-refractivity contribution in [2.45, 2.75) is 6.54 Å². The zero-order chi connectivity index (χ0) is 27.0. The summed E-state index contributed by atoms with van der Waals surface area (Å²) in [5.74, 6) is -1.53. The van der Waals surface area contributed by atoms with Crippen molar-refractivity contribution in [3.63, 3.8) is 0 Å². The molecule has 2 amide bonds. The van der Waals surface area contributed by atoms with Crippen LogP contribution < -0.4 is 4.90 Å². The molecule has 1 saturated heterocycles. The number of thiocarbonyl (C=S) groups is 1. The van der Waals surface area contributed by atoms with Crippen molar-refractivity contribution >= 4 is 69.4 Å². The van der Waals surface area contributed by atoms with E-state index in [0.717, 1.165) is 22.0 Å². The zero-order valence-corrected chi connectivity index (χ0v) is 22.1. The molecule has 5 rings (SSSR count). The largest absolute Gasteiger partial charge is 0.465 e. The minimum atomic E-state index is -0.543. The van der Waals surface area contributed by atoms with Crippen LogP contribution in [0.2, 0.25) is 5.02 Å². The third-order valence-corrected chi connectivity index (χ3v) is 7.09. The van der Waals surface area contributed by atoms with E-state index in [1.54, 1.807) is 30.3 Å². The van der Waals surface area contributed by atoms with Crippen molar-refractivity contribution in [1.29, 1.82) is 0 Å². The van der Waals surface area contributed by atoms with Crippen LogP contribution in [0.15, 0.2) is 84.6 Å². The van der Waals surface area contributed by atoms with Crippen molar-refractivity contribution in [3.8, 4) is 0 Å². The third-order valence-electron chi connectivity index (χ3n) is 6.38. The predicted octanol–water partition coefficient (Wildman–Crippen LogP) is 5.30. The predicted molar refractivity (Wildman–Crippen MR) is 151 cm³/mol. The number of nitrogens with zero attached hydrogens (tertiary/aromatic N) is 3. The first-order valence-electron chi connectivity index (χ1n) is 11.7. The van der Waals surface area contributed by atoms with Crippen molar-refractivity contribution in [3.05, 3.63) is 106 Å². The third kappa shape index (κ3) is 4.60. The summed E-state index contributed by atoms with van der Waals surface area (Å²) in [4.78, 5) is 41.2. The Labute approximate surface area is 229 Å². The fourth-order valence-electron chi connectivity index (χ4n) is 4.39. The fraction of sp³-hybridized carbons (Fsp3) is 0.103. The molecule has 0 bridgehead atoms. The number of amides is 2. The molecule has 0 atom stereocenters. The van der Waals surface area contributed by atoms with Gasteiger partial charge in [-0.25, -0.2) is 4.79 Å². The molecule has 7 nitrogen and oxygen atoms in total. The van der Waals surface area contributed by atoms with E-state index in [9.17, 15) is 14.4 Å². The average molecular weight is 544 g/mol. The number of anilines is 1. The molecule has 4 aromatic rings. The molecule has 3 aromatic carbocycles. The first kappa shape index (κ1) is 25.4. The van der Waals surface area contributed by atoms with Gasteiger partial charge in [-0.05, 0) is 66.3 Å². The second-order valence-electron chi connectivity index (χ2n) is 8.74. The molecule has 0 aliphatic carbocycles. The lowest BCUT2D eigenvalue weighted by Gasteiger charge is -2.34. The van der Waals surface area contributed by atoms with E-state index in [1.807, 2.05) is 54.7 Å². The highest BCUT2D eigenvalue weighted by Gasteiger charge is 2.38. The molecule has 1 aliphatic rings. The van der Waals surface area contributed by atoms with Crippen LogP contribution >= 0.6 is 23.8 Å². The lowest BCUT2D eigenvalue weighted by atomic mass is 10.1. The monoisotopic (exact) mass is 543 g/mol. The van der Waals surface area contributed by atoms with Gasteiger partial charge < -0.3 is 9.30 Å². The van der Waals surface area contributed by atoms with E-state index in [-0.39, 0.29) is 10.7 Å². The quantitative estimate of drug-likeness (QED) is 0.148. The number of rotatable bonds is 5. The molecule has 1 aliphatic heterocycles. The number of aromatic nitrogens is 1. The van der Waals surface area contributed by atoms with Gasteiger partial charge in [-0.2, -0.15) is 0 Å². The number of carbonyl (C=O) groups is 3. The molecule has 0 spiro atoms. The lowest BCUT2D eigenvalue weighted by molar-refractivity contribution is -0.127. The van der Waals surface area contributed by atoms with E-state index < -0.39 is 17.8 Å². The number of benzene rings is 3. The Bertz CT molecular complexity index is 1620. The number of para-hydroxylation sites is 1. The summed E-state index contributed by atoms with van der Waals surface area (Å²) in [6.07, 6.45) is 3.54. The van der Waals surface area contributed by atoms with Crippen molar-refractivity contribution in [2.75, 3.05) is 19.1 Å². The molecule has 1 aromatic heterocycles. The van der Waals surface area contributed by atoms with Crippen LogP contribution in [-0.4, -0.2) is 46.5 Å². The normalized spacial score (nSPS) is 15.0. The van der Waals surface area contributed by atoms with Gasteiger partial charge in [-0.15, -0.1) is 0 Å². The maximum atomic E-state index is 13.6.